The Balaban J connectivity index is 2.02. The van der Waals surface area contributed by atoms with Crippen LogP contribution in [0.25, 0.3) is 0 Å². The number of aromatic nitrogens is 2. The predicted molar refractivity (Wildman–Crippen MR) is 61.5 cm³/mol. The van der Waals surface area contributed by atoms with Gasteiger partial charge >= 0.3 is 0 Å². The van der Waals surface area contributed by atoms with Crippen molar-refractivity contribution in [2.45, 2.75) is 13.5 Å². The van der Waals surface area contributed by atoms with E-state index in [0.717, 1.165) is 23.6 Å². The molecule has 0 saturated heterocycles. The third kappa shape index (κ3) is 2.28. The largest absolute Gasteiger partial charge is 0.397 e. The molecule has 0 saturated carbocycles. The highest BCUT2D eigenvalue weighted by Gasteiger charge is 1.98. The maximum atomic E-state index is 5.68. The second-order valence-electron chi connectivity index (χ2n) is 3.50. The molecule has 15 heavy (non-hydrogen) atoms. The molecule has 0 unspecified atom stereocenters. The Hall–Kier alpha value is -1.97. The van der Waals surface area contributed by atoms with E-state index in [4.69, 9.17) is 5.73 Å². The number of pyridine rings is 1. The van der Waals surface area contributed by atoms with Crippen molar-refractivity contribution in [3.8, 4) is 0 Å². The van der Waals surface area contributed by atoms with E-state index in [-0.39, 0.29) is 0 Å². The second-order valence-corrected chi connectivity index (χ2v) is 3.50. The van der Waals surface area contributed by atoms with Gasteiger partial charge in [-0.15, -0.1) is 0 Å². The molecule has 0 amide bonds. The lowest BCUT2D eigenvalue weighted by atomic mass is 10.2. The Morgan fingerprint density at radius 2 is 2.40 bits per heavy atom. The summed E-state index contributed by atoms with van der Waals surface area (Å²) >= 11 is 0. The van der Waals surface area contributed by atoms with Gasteiger partial charge in [0.25, 0.3) is 0 Å². The van der Waals surface area contributed by atoms with Crippen LogP contribution in [0.3, 0.4) is 0 Å². The highest BCUT2D eigenvalue weighted by Crippen LogP contribution is 2.13. The molecule has 0 aromatic carbocycles. The molecular formula is C11H14N4. The van der Waals surface area contributed by atoms with Gasteiger partial charge in [-0.1, -0.05) is 0 Å². The van der Waals surface area contributed by atoms with Gasteiger partial charge in [0.1, 0.15) is 5.82 Å². The average molecular weight is 202 g/mol. The minimum absolute atomic E-state index is 0.724. The Kier molecular flexibility index (Phi) is 2.58. The molecule has 0 fully saturated rings. The molecule has 0 spiro atoms. The number of aryl methyl sites for hydroxylation is 1. The summed E-state index contributed by atoms with van der Waals surface area (Å²) in [5, 5.41) is 3.23. The fourth-order valence-corrected chi connectivity index (χ4v) is 1.32. The predicted octanol–water partition coefficient (Wildman–Crippen LogP) is 1.91. The summed E-state index contributed by atoms with van der Waals surface area (Å²) in [4.78, 5) is 7.20. The molecule has 2 aromatic rings. The maximum Gasteiger partial charge on any atom is 0.126 e. The minimum atomic E-state index is 0.724. The van der Waals surface area contributed by atoms with Crippen LogP contribution in [0, 0.1) is 6.92 Å². The van der Waals surface area contributed by atoms with Gasteiger partial charge in [-0.05, 0) is 30.2 Å². The van der Waals surface area contributed by atoms with Crippen molar-refractivity contribution in [2.24, 2.45) is 0 Å². The first kappa shape index (κ1) is 9.58. The Morgan fingerprint density at radius 3 is 3.07 bits per heavy atom. The van der Waals surface area contributed by atoms with Crippen LogP contribution in [0.1, 0.15) is 11.1 Å². The summed E-state index contributed by atoms with van der Waals surface area (Å²) in [6.07, 6.45) is 5.53. The summed E-state index contributed by atoms with van der Waals surface area (Å²) in [6, 6.07) is 3.97. The first-order valence-electron chi connectivity index (χ1n) is 4.83. The van der Waals surface area contributed by atoms with E-state index in [9.17, 15) is 0 Å². The van der Waals surface area contributed by atoms with Crippen molar-refractivity contribution in [3.05, 3.63) is 41.9 Å². The number of aromatic amines is 1. The molecule has 2 heterocycles. The zero-order valence-electron chi connectivity index (χ0n) is 8.62. The second kappa shape index (κ2) is 4.04. The van der Waals surface area contributed by atoms with Crippen LogP contribution in [0.2, 0.25) is 0 Å². The van der Waals surface area contributed by atoms with E-state index >= 15 is 0 Å². The Bertz CT molecular complexity index is 434. The smallest absolute Gasteiger partial charge is 0.126 e. The van der Waals surface area contributed by atoms with Crippen LogP contribution < -0.4 is 11.1 Å². The summed E-state index contributed by atoms with van der Waals surface area (Å²) in [6.45, 7) is 2.73. The quantitative estimate of drug-likeness (QED) is 0.712. The molecule has 4 N–H and O–H groups in total. The number of hydrogen-bond acceptors (Lipinski definition) is 3. The van der Waals surface area contributed by atoms with Gasteiger partial charge in [0.2, 0.25) is 0 Å². The van der Waals surface area contributed by atoms with Crippen molar-refractivity contribution >= 4 is 11.5 Å². The molecule has 2 rings (SSSR count). The van der Waals surface area contributed by atoms with Gasteiger partial charge in [0, 0.05) is 18.9 Å². The van der Waals surface area contributed by atoms with Crippen molar-refractivity contribution in [2.75, 3.05) is 11.1 Å². The molecule has 0 bridgehead atoms. The van der Waals surface area contributed by atoms with Gasteiger partial charge in [-0.25, -0.2) is 4.98 Å². The van der Waals surface area contributed by atoms with Crippen molar-refractivity contribution < 1.29 is 0 Å². The molecule has 0 aliphatic heterocycles. The zero-order chi connectivity index (χ0) is 10.7. The van der Waals surface area contributed by atoms with E-state index in [1.54, 1.807) is 6.20 Å². The Morgan fingerprint density at radius 1 is 1.53 bits per heavy atom. The number of nitrogens with two attached hydrogens (primary N) is 1. The molecule has 0 aliphatic rings. The van der Waals surface area contributed by atoms with Crippen molar-refractivity contribution in [3.63, 3.8) is 0 Å². The summed E-state index contributed by atoms with van der Waals surface area (Å²) in [5.41, 5.74) is 8.65. The fourth-order valence-electron chi connectivity index (χ4n) is 1.32. The lowest BCUT2D eigenvalue weighted by Crippen LogP contribution is -2.01. The Labute approximate surface area is 88.5 Å². The standard InChI is InChI=1S/C11H14N4/c1-8-4-11(15-7-10(8)12)14-6-9-2-3-13-5-9/h2-5,7,13H,6,12H2,1H3,(H,14,15). The maximum absolute atomic E-state index is 5.68. The van der Waals surface area contributed by atoms with Gasteiger partial charge < -0.3 is 16.0 Å². The molecule has 0 radical (unpaired) electrons. The lowest BCUT2D eigenvalue weighted by molar-refractivity contribution is 1.11. The van der Waals surface area contributed by atoms with Crippen LogP contribution in [-0.2, 0) is 6.54 Å². The van der Waals surface area contributed by atoms with Crippen molar-refractivity contribution in [1.82, 2.24) is 9.97 Å². The van der Waals surface area contributed by atoms with E-state index in [1.165, 1.54) is 5.56 Å². The number of rotatable bonds is 3. The summed E-state index contributed by atoms with van der Waals surface area (Å²) in [7, 11) is 0. The monoisotopic (exact) mass is 202 g/mol. The molecule has 4 nitrogen and oxygen atoms in total. The number of nitrogen functional groups attached to an aromatic ring is 1. The van der Waals surface area contributed by atoms with Crippen LogP contribution in [0.5, 0.6) is 0 Å². The highest BCUT2D eigenvalue weighted by atomic mass is 15.0. The minimum Gasteiger partial charge on any atom is -0.397 e. The molecule has 2 aromatic heterocycles. The van der Waals surface area contributed by atoms with Crippen LogP contribution in [0.4, 0.5) is 11.5 Å². The number of hydrogen-bond donors (Lipinski definition) is 3. The molecule has 78 valence electrons. The number of anilines is 2. The first-order chi connectivity index (χ1) is 7.25. The molecule has 4 heteroatoms. The van der Waals surface area contributed by atoms with E-state index in [1.807, 2.05) is 31.5 Å². The average Bonchev–Trinajstić information content (AvgIpc) is 2.73. The number of H-pyrrole nitrogens is 1. The van der Waals surface area contributed by atoms with Gasteiger partial charge in [-0.3, -0.25) is 0 Å². The van der Waals surface area contributed by atoms with Crippen LogP contribution in [0.15, 0.2) is 30.7 Å². The topological polar surface area (TPSA) is 66.7 Å². The lowest BCUT2D eigenvalue weighted by Gasteiger charge is -2.06. The van der Waals surface area contributed by atoms with E-state index < -0.39 is 0 Å². The number of nitrogens with one attached hydrogen (secondary N) is 2. The first-order valence-corrected chi connectivity index (χ1v) is 4.83. The SMILES string of the molecule is Cc1cc(NCc2cc[nH]c2)ncc1N. The fraction of sp³-hybridized carbons (Fsp3) is 0.182. The van der Waals surface area contributed by atoms with E-state index in [0.29, 0.717) is 0 Å². The summed E-state index contributed by atoms with van der Waals surface area (Å²) in [5.74, 6) is 0.850. The molecule has 0 aliphatic carbocycles. The molecule has 0 atom stereocenters. The van der Waals surface area contributed by atoms with Crippen LogP contribution in [-0.4, -0.2) is 9.97 Å². The van der Waals surface area contributed by atoms with Gasteiger partial charge in [0.05, 0.1) is 11.9 Å². The third-order valence-electron chi connectivity index (χ3n) is 2.29. The number of nitrogens with zero attached hydrogens (tertiary/aromatic N) is 1. The summed E-state index contributed by atoms with van der Waals surface area (Å²) < 4.78 is 0. The van der Waals surface area contributed by atoms with Crippen molar-refractivity contribution in [1.29, 1.82) is 0 Å². The normalized spacial score (nSPS) is 10.2. The van der Waals surface area contributed by atoms with Gasteiger partial charge in [-0.2, -0.15) is 0 Å². The molecular weight excluding hydrogens is 188 g/mol. The van der Waals surface area contributed by atoms with Crippen LogP contribution >= 0.6 is 0 Å². The zero-order valence-corrected chi connectivity index (χ0v) is 8.62. The third-order valence-corrected chi connectivity index (χ3v) is 2.29. The van der Waals surface area contributed by atoms with E-state index in [2.05, 4.69) is 15.3 Å². The van der Waals surface area contributed by atoms with Gasteiger partial charge in [0.15, 0.2) is 0 Å². The highest BCUT2D eigenvalue weighted by molar-refractivity contribution is 5.50.